The van der Waals surface area contributed by atoms with Gasteiger partial charge in [0.2, 0.25) is 0 Å². The molecule has 1 aliphatic heterocycles. The highest BCUT2D eigenvalue weighted by atomic mass is 32.1. The fraction of sp³-hybridized carbons (Fsp3) is 0.444. The smallest absolute Gasteiger partial charge is 0.129 e. The fourth-order valence-electron chi connectivity index (χ4n) is 3.19. The number of thiocarbonyl (C=S) groups is 1. The molecule has 1 aliphatic rings. The number of likely N-dealkylation sites (N-methyl/N-ethyl adjacent to an activating group) is 1. The first-order chi connectivity index (χ1) is 11.1. The number of aromatic nitrogens is 1. The van der Waals surface area contributed by atoms with Crippen molar-refractivity contribution in [2.75, 3.05) is 37.6 Å². The van der Waals surface area contributed by atoms with E-state index in [2.05, 4.69) is 47.9 Å². The fourth-order valence-corrected chi connectivity index (χ4v) is 3.36. The van der Waals surface area contributed by atoms with Gasteiger partial charge in [0.25, 0.3) is 0 Å². The third-order valence-electron chi connectivity index (χ3n) is 4.59. The van der Waals surface area contributed by atoms with Crippen molar-refractivity contribution in [3.63, 3.8) is 0 Å². The number of aryl methyl sites for hydroxylation is 1. The second kappa shape index (κ2) is 6.81. The molecule has 3 rings (SSSR count). The Morgan fingerprint density at radius 3 is 2.61 bits per heavy atom. The third-order valence-corrected chi connectivity index (χ3v) is 4.73. The molecule has 4 nitrogen and oxygen atoms in total. The molecule has 23 heavy (non-hydrogen) atoms. The summed E-state index contributed by atoms with van der Waals surface area (Å²) in [7, 11) is 0. The van der Waals surface area contributed by atoms with E-state index in [1.165, 1.54) is 10.9 Å². The molecule has 0 saturated carbocycles. The monoisotopic (exact) mass is 328 g/mol. The van der Waals surface area contributed by atoms with Crippen LogP contribution in [0.3, 0.4) is 0 Å². The van der Waals surface area contributed by atoms with Gasteiger partial charge in [0.05, 0.1) is 10.5 Å². The van der Waals surface area contributed by atoms with Crippen LogP contribution in [0.15, 0.2) is 24.3 Å². The third kappa shape index (κ3) is 3.62. The summed E-state index contributed by atoms with van der Waals surface area (Å²) >= 11 is 5.01. The van der Waals surface area contributed by atoms with Crippen LogP contribution in [0.5, 0.6) is 0 Å². The van der Waals surface area contributed by atoms with Crippen LogP contribution in [0.1, 0.15) is 18.1 Å². The van der Waals surface area contributed by atoms with Crippen LogP contribution in [0, 0.1) is 6.92 Å². The Morgan fingerprint density at radius 2 is 1.96 bits per heavy atom. The van der Waals surface area contributed by atoms with Gasteiger partial charge in [-0.25, -0.2) is 4.98 Å². The van der Waals surface area contributed by atoms with Crippen molar-refractivity contribution in [2.24, 2.45) is 5.73 Å². The van der Waals surface area contributed by atoms with Gasteiger partial charge in [-0.2, -0.15) is 0 Å². The SMILES string of the molecule is CCN1CCN(c2cc(C)c3cc(CC(N)=S)ccc3n2)CC1. The lowest BCUT2D eigenvalue weighted by molar-refractivity contribution is 0.270. The van der Waals surface area contributed by atoms with Gasteiger partial charge in [-0.1, -0.05) is 25.2 Å². The number of hydrogen-bond donors (Lipinski definition) is 1. The standard InChI is InChI=1S/C18H24N4S/c1-3-21-6-8-22(9-7-21)18-10-13(2)15-11-14(12-17(19)23)4-5-16(15)20-18/h4-5,10-11H,3,6-9,12H2,1-2H3,(H2,19,23). The first kappa shape index (κ1) is 16.1. The molecule has 2 heterocycles. The van der Waals surface area contributed by atoms with Crippen molar-refractivity contribution in [3.8, 4) is 0 Å². The summed E-state index contributed by atoms with van der Waals surface area (Å²) in [4.78, 5) is 10.3. The second-order valence-electron chi connectivity index (χ2n) is 6.21. The molecule has 0 bridgehead atoms. The van der Waals surface area contributed by atoms with Crippen LogP contribution in [0.2, 0.25) is 0 Å². The van der Waals surface area contributed by atoms with E-state index in [-0.39, 0.29) is 0 Å². The summed E-state index contributed by atoms with van der Waals surface area (Å²) in [5.41, 5.74) is 9.11. The summed E-state index contributed by atoms with van der Waals surface area (Å²) in [6, 6.07) is 8.53. The Labute approximate surface area is 143 Å². The van der Waals surface area contributed by atoms with E-state index >= 15 is 0 Å². The Morgan fingerprint density at radius 1 is 1.22 bits per heavy atom. The maximum absolute atomic E-state index is 5.66. The van der Waals surface area contributed by atoms with Gasteiger partial charge in [-0.15, -0.1) is 0 Å². The highest BCUT2D eigenvalue weighted by molar-refractivity contribution is 7.80. The van der Waals surface area contributed by atoms with E-state index < -0.39 is 0 Å². The van der Waals surface area contributed by atoms with Crippen molar-refractivity contribution in [3.05, 3.63) is 35.4 Å². The minimum absolute atomic E-state index is 0.528. The first-order valence-electron chi connectivity index (χ1n) is 8.22. The average molecular weight is 328 g/mol. The van der Waals surface area contributed by atoms with Gasteiger partial charge < -0.3 is 15.5 Å². The van der Waals surface area contributed by atoms with Crippen LogP contribution in [-0.4, -0.2) is 47.6 Å². The molecule has 0 amide bonds. The number of nitrogens with zero attached hydrogens (tertiary/aromatic N) is 3. The van der Waals surface area contributed by atoms with Gasteiger partial charge in [-0.05, 0) is 42.8 Å². The number of pyridine rings is 1. The molecule has 1 aromatic heterocycles. The minimum atomic E-state index is 0.528. The molecule has 1 saturated heterocycles. The van der Waals surface area contributed by atoms with Crippen molar-refractivity contribution >= 4 is 33.9 Å². The van der Waals surface area contributed by atoms with Crippen molar-refractivity contribution < 1.29 is 0 Å². The van der Waals surface area contributed by atoms with E-state index in [0.29, 0.717) is 11.4 Å². The van der Waals surface area contributed by atoms with Gasteiger partial charge in [-0.3, -0.25) is 0 Å². The van der Waals surface area contributed by atoms with E-state index in [9.17, 15) is 0 Å². The second-order valence-corrected chi connectivity index (χ2v) is 6.74. The zero-order chi connectivity index (χ0) is 16.4. The van der Waals surface area contributed by atoms with Gasteiger partial charge in [0, 0.05) is 38.0 Å². The molecule has 0 atom stereocenters. The molecule has 2 N–H and O–H groups in total. The Balaban J connectivity index is 1.88. The quantitative estimate of drug-likeness (QED) is 0.874. The topological polar surface area (TPSA) is 45.4 Å². The maximum atomic E-state index is 5.66. The normalized spacial score (nSPS) is 16.0. The molecule has 0 spiro atoms. The molecule has 122 valence electrons. The number of piperazine rings is 1. The summed E-state index contributed by atoms with van der Waals surface area (Å²) in [5, 5.41) is 1.19. The lowest BCUT2D eigenvalue weighted by atomic mass is 10.0. The molecule has 0 aliphatic carbocycles. The molecule has 0 unspecified atom stereocenters. The molecule has 5 heteroatoms. The van der Waals surface area contributed by atoms with Crippen LogP contribution < -0.4 is 10.6 Å². The van der Waals surface area contributed by atoms with Crippen LogP contribution >= 0.6 is 12.2 Å². The van der Waals surface area contributed by atoms with Crippen LogP contribution in [0.25, 0.3) is 10.9 Å². The number of nitrogens with two attached hydrogens (primary N) is 1. The van der Waals surface area contributed by atoms with E-state index in [1.54, 1.807) is 0 Å². The van der Waals surface area contributed by atoms with Gasteiger partial charge in [0.15, 0.2) is 0 Å². The van der Waals surface area contributed by atoms with Gasteiger partial charge >= 0.3 is 0 Å². The number of fused-ring (bicyclic) bond motifs is 1. The summed E-state index contributed by atoms with van der Waals surface area (Å²) in [6.45, 7) is 9.82. The van der Waals surface area contributed by atoms with Crippen molar-refractivity contribution in [1.82, 2.24) is 9.88 Å². The minimum Gasteiger partial charge on any atom is -0.393 e. The Bertz CT molecular complexity index is 720. The Kier molecular flexibility index (Phi) is 4.78. The molecule has 1 fully saturated rings. The molecule has 2 aromatic rings. The average Bonchev–Trinajstić information content (AvgIpc) is 2.55. The predicted molar refractivity (Wildman–Crippen MR) is 101 cm³/mol. The largest absolute Gasteiger partial charge is 0.393 e. The zero-order valence-corrected chi connectivity index (χ0v) is 14.7. The molecular weight excluding hydrogens is 304 g/mol. The van der Waals surface area contributed by atoms with Crippen LogP contribution in [0.4, 0.5) is 5.82 Å². The number of benzene rings is 1. The Hall–Kier alpha value is -1.72. The predicted octanol–water partition coefficient (Wildman–Crippen LogP) is 2.51. The number of hydrogen-bond acceptors (Lipinski definition) is 4. The summed E-state index contributed by atoms with van der Waals surface area (Å²) in [5.74, 6) is 1.09. The zero-order valence-electron chi connectivity index (χ0n) is 13.9. The summed E-state index contributed by atoms with van der Waals surface area (Å²) in [6.07, 6.45) is 0.644. The van der Waals surface area contributed by atoms with Crippen molar-refractivity contribution in [1.29, 1.82) is 0 Å². The lowest BCUT2D eigenvalue weighted by Gasteiger charge is -2.35. The van der Waals surface area contributed by atoms with E-state index in [1.807, 2.05) is 0 Å². The van der Waals surface area contributed by atoms with Gasteiger partial charge in [0.1, 0.15) is 5.82 Å². The number of rotatable bonds is 4. The van der Waals surface area contributed by atoms with Crippen molar-refractivity contribution in [2.45, 2.75) is 20.3 Å². The van der Waals surface area contributed by atoms with E-state index in [0.717, 1.165) is 49.6 Å². The highest BCUT2D eigenvalue weighted by Gasteiger charge is 2.17. The molecule has 1 aromatic carbocycles. The number of anilines is 1. The summed E-state index contributed by atoms with van der Waals surface area (Å²) < 4.78 is 0. The molecular formula is C18H24N4S. The van der Waals surface area contributed by atoms with Crippen LogP contribution in [-0.2, 0) is 6.42 Å². The first-order valence-corrected chi connectivity index (χ1v) is 8.63. The maximum Gasteiger partial charge on any atom is 0.129 e. The highest BCUT2D eigenvalue weighted by Crippen LogP contribution is 2.24. The van der Waals surface area contributed by atoms with E-state index in [4.69, 9.17) is 22.9 Å². The lowest BCUT2D eigenvalue weighted by Crippen LogP contribution is -2.46. The molecule has 0 radical (unpaired) electrons.